The van der Waals surface area contributed by atoms with Crippen molar-refractivity contribution in [3.05, 3.63) is 104 Å². The number of anilines is 1. The number of aryl methyl sites for hydroxylation is 1. The molecule has 0 bridgehead atoms. The summed E-state index contributed by atoms with van der Waals surface area (Å²) >= 11 is 6.07. The molecular weight excluding hydrogens is 520 g/mol. The summed E-state index contributed by atoms with van der Waals surface area (Å²) in [5.41, 5.74) is 1.51. The Bertz CT molecular complexity index is 1690. The summed E-state index contributed by atoms with van der Waals surface area (Å²) < 4.78 is 7.34. The van der Waals surface area contributed by atoms with Crippen molar-refractivity contribution in [2.24, 2.45) is 0 Å². The smallest absolute Gasteiger partial charge is 0.332 e. The first kappa shape index (κ1) is 26.2. The van der Waals surface area contributed by atoms with Gasteiger partial charge in [-0.1, -0.05) is 48.0 Å². The molecular formula is C29H27ClN4O5. The van der Waals surface area contributed by atoms with E-state index >= 15 is 0 Å². The van der Waals surface area contributed by atoms with Crippen molar-refractivity contribution in [1.29, 1.82) is 0 Å². The zero-order chi connectivity index (χ0) is 27.5. The largest absolute Gasteiger partial charge is 0.495 e. The van der Waals surface area contributed by atoms with Crippen LogP contribution >= 0.6 is 11.6 Å². The molecule has 0 saturated carbocycles. The second-order valence-corrected chi connectivity index (χ2v) is 9.82. The first-order chi connectivity index (χ1) is 18.9. The third-order valence-corrected chi connectivity index (χ3v) is 7.11. The second-order valence-electron chi connectivity index (χ2n) is 9.38. The highest BCUT2D eigenvalue weighted by atomic mass is 35.5. The highest BCUT2D eigenvalue weighted by Gasteiger charge is 2.23. The van der Waals surface area contributed by atoms with Gasteiger partial charge >= 0.3 is 5.69 Å². The van der Waals surface area contributed by atoms with Crippen molar-refractivity contribution in [2.75, 3.05) is 12.4 Å². The van der Waals surface area contributed by atoms with Crippen LogP contribution in [0.3, 0.4) is 0 Å². The molecule has 0 radical (unpaired) electrons. The minimum atomic E-state index is -0.758. The zero-order valence-electron chi connectivity index (χ0n) is 21.3. The molecule has 0 fully saturated rings. The van der Waals surface area contributed by atoms with Gasteiger partial charge in [-0.25, -0.2) is 4.79 Å². The maximum Gasteiger partial charge on any atom is 0.332 e. The number of ether oxygens (including phenoxy) is 1. The van der Waals surface area contributed by atoms with Crippen molar-refractivity contribution in [3.8, 4) is 5.75 Å². The molecule has 1 unspecified atom stereocenters. The van der Waals surface area contributed by atoms with Crippen molar-refractivity contribution >= 4 is 40.0 Å². The summed E-state index contributed by atoms with van der Waals surface area (Å²) in [5, 5.41) is 6.31. The van der Waals surface area contributed by atoms with Gasteiger partial charge in [-0.15, -0.1) is 0 Å². The molecule has 9 nitrogen and oxygen atoms in total. The van der Waals surface area contributed by atoms with Gasteiger partial charge < -0.3 is 15.4 Å². The lowest BCUT2D eigenvalue weighted by Crippen LogP contribution is -2.45. The minimum absolute atomic E-state index is 0.195. The first-order valence-corrected chi connectivity index (χ1v) is 13.0. The van der Waals surface area contributed by atoms with Crippen LogP contribution < -0.4 is 26.6 Å². The van der Waals surface area contributed by atoms with E-state index in [9.17, 15) is 19.2 Å². The van der Waals surface area contributed by atoms with Gasteiger partial charge in [-0.2, -0.15) is 0 Å². The van der Waals surface area contributed by atoms with Crippen LogP contribution in [-0.2, 0) is 29.1 Å². The maximum absolute atomic E-state index is 13.5. The molecule has 39 heavy (non-hydrogen) atoms. The van der Waals surface area contributed by atoms with Gasteiger partial charge in [0.15, 0.2) is 0 Å². The number of carbonyl (C=O) groups excluding carboxylic acids is 2. The van der Waals surface area contributed by atoms with E-state index in [0.29, 0.717) is 22.0 Å². The van der Waals surface area contributed by atoms with E-state index < -0.39 is 36.2 Å². The molecule has 10 heteroatoms. The first-order valence-electron chi connectivity index (χ1n) is 12.6. The number of amides is 2. The SMILES string of the molecule is COc1ccc(Cl)cc1NC(=O)Cn1c(=O)n(CC(=O)NC2CCCc3ccccc32)c(=O)c2ccccc21. The number of nitrogens with one attached hydrogen (secondary N) is 2. The van der Waals surface area contributed by atoms with E-state index in [1.54, 1.807) is 36.4 Å². The fraction of sp³-hybridized carbons (Fsp3) is 0.241. The molecule has 1 atom stereocenters. The number of halogens is 1. The maximum atomic E-state index is 13.5. The lowest BCUT2D eigenvalue weighted by molar-refractivity contribution is -0.122. The van der Waals surface area contributed by atoms with Crippen molar-refractivity contribution < 1.29 is 14.3 Å². The molecule has 1 aliphatic carbocycles. The van der Waals surface area contributed by atoms with Crippen LogP contribution in [0.5, 0.6) is 5.75 Å². The summed E-state index contributed by atoms with van der Waals surface area (Å²) in [4.78, 5) is 52.9. The minimum Gasteiger partial charge on any atom is -0.495 e. The van der Waals surface area contributed by atoms with Crippen LogP contribution in [0.1, 0.15) is 30.0 Å². The van der Waals surface area contributed by atoms with E-state index in [1.807, 2.05) is 24.3 Å². The molecule has 1 heterocycles. The Morgan fingerprint density at radius 1 is 0.974 bits per heavy atom. The average molecular weight is 547 g/mol. The number of hydrogen-bond acceptors (Lipinski definition) is 5. The highest BCUT2D eigenvalue weighted by molar-refractivity contribution is 6.31. The molecule has 1 aromatic heterocycles. The number of hydrogen-bond donors (Lipinski definition) is 2. The summed E-state index contributed by atoms with van der Waals surface area (Å²) in [6.45, 7) is -0.863. The van der Waals surface area contributed by atoms with Crippen LogP contribution in [0.25, 0.3) is 10.9 Å². The average Bonchev–Trinajstić information content (AvgIpc) is 2.94. The normalized spacial score (nSPS) is 14.5. The Hall–Kier alpha value is -4.37. The fourth-order valence-electron chi connectivity index (χ4n) is 5.06. The van der Waals surface area contributed by atoms with Crippen LogP contribution in [0.15, 0.2) is 76.3 Å². The molecule has 4 aromatic rings. The number of fused-ring (bicyclic) bond motifs is 2. The Morgan fingerprint density at radius 2 is 1.72 bits per heavy atom. The predicted molar refractivity (Wildman–Crippen MR) is 149 cm³/mol. The third kappa shape index (κ3) is 5.44. The van der Waals surface area contributed by atoms with E-state index in [0.717, 1.165) is 29.4 Å². The predicted octanol–water partition coefficient (Wildman–Crippen LogP) is 3.66. The number of aromatic nitrogens is 2. The van der Waals surface area contributed by atoms with Crippen LogP contribution in [0.4, 0.5) is 5.69 Å². The van der Waals surface area contributed by atoms with Gasteiger partial charge in [0, 0.05) is 5.02 Å². The fourth-order valence-corrected chi connectivity index (χ4v) is 5.23. The van der Waals surface area contributed by atoms with Gasteiger partial charge in [0.05, 0.1) is 29.7 Å². The van der Waals surface area contributed by atoms with Gasteiger partial charge in [-0.3, -0.25) is 23.5 Å². The molecule has 0 spiro atoms. The van der Waals surface area contributed by atoms with Gasteiger partial charge in [-0.05, 0) is 60.7 Å². The molecule has 3 aromatic carbocycles. The number of para-hydroxylation sites is 1. The van der Waals surface area contributed by atoms with E-state index in [-0.39, 0.29) is 11.4 Å². The monoisotopic (exact) mass is 546 g/mol. The third-order valence-electron chi connectivity index (χ3n) is 6.88. The summed E-state index contributed by atoms with van der Waals surface area (Å²) in [6.07, 6.45) is 2.64. The number of nitrogens with zero attached hydrogens (tertiary/aromatic N) is 2. The highest BCUT2D eigenvalue weighted by Crippen LogP contribution is 2.29. The van der Waals surface area contributed by atoms with Crippen molar-refractivity contribution in [1.82, 2.24) is 14.5 Å². The van der Waals surface area contributed by atoms with Crippen molar-refractivity contribution in [2.45, 2.75) is 38.4 Å². The Labute approximate surface area is 229 Å². The molecule has 0 saturated heterocycles. The Morgan fingerprint density at radius 3 is 2.54 bits per heavy atom. The van der Waals surface area contributed by atoms with Gasteiger partial charge in [0.2, 0.25) is 11.8 Å². The van der Waals surface area contributed by atoms with Gasteiger partial charge in [0.25, 0.3) is 5.56 Å². The molecule has 0 aliphatic heterocycles. The van der Waals surface area contributed by atoms with E-state index in [4.69, 9.17) is 16.3 Å². The standard InChI is InChI=1S/C29H27ClN4O5/c1-39-25-14-13-19(30)15-23(25)32-26(35)16-33-24-12-5-4-10-21(24)28(37)34(29(33)38)17-27(36)31-22-11-6-8-18-7-2-3-9-20(18)22/h2-5,7,9-10,12-15,22H,6,8,11,16-17H2,1H3,(H,31,36)(H,32,35). The lowest BCUT2D eigenvalue weighted by atomic mass is 9.88. The molecule has 2 amide bonds. The summed E-state index contributed by atoms with van der Waals surface area (Å²) in [5.74, 6) is -0.585. The zero-order valence-corrected chi connectivity index (χ0v) is 22.0. The number of benzene rings is 3. The Balaban J connectivity index is 1.44. The Kier molecular flexibility index (Phi) is 7.51. The van der Waals surface area contributed by atoms with Crippen LogP contribution in [0, 0.1) is 0 Å². The van der Waals surface area contributed by atoms with Crippen LogP contribution in [-0.4, -0.2) is 28.1 Å². The summed E-state index contributed by atoms with van der Waals surface area (Å²) in [6, 6.07) is 19.0. The molecule has 1 aliphatic rings. The number of methoxy groups -OCH3 is 1. The van der Waals surface area contributed by atoms with E-state index in [1.165, 1.54) is 23.3 Å². The molecule has 2 N–H and O–H groups in total. The second kappa shape index (κ2) is 11.2. The molecule has 200 valence electrons. The number of carbonyl (C=O) groups is 2. The van der Waals surface area contributed by atoms with Gasteiger partial charge in [0.1, 0.15) is 18.8 Å². The molecule has 5 rings (SSSR count). The quantitative estimate of drug-likeness (QED) is 0.367. The number of rotatable bonds is 7. The summed E-state index contributed by atoms with van der Waals surface area (Å²) in [7, 11) is 1.46. The lowest BCUT2D eigenvalue weighted by Gasteiger charge is -2.26. The van der Waals surface area contributed by atoms with Crippen molar-refractivity contribution in [3.63, 3.8) is 0 Å². The topological polar surface area (TPSA) is 111 Å². The van der Waals surface area contributed by atoms with Crippen LogP contribution in [0.2, 0.25) is 5.02 Å². The van der Waals surface area contributed by atoms with E-state index in [2.05, 4.69) is 10.6 Å².